The predicted octanol–water partition coefficient (Wildman–Crippen LogP) is 4.69. The number of carbonyl (C=O) groups is 1. The summed E-state index contributed by atoms with van der Waals surface area (Å²) in [7, 11) is 0. The van der Waals surface area contributed by atoms with Gasteiger partial charge in [0.15, 0.2) is 0 Å². The maximum Gasteiger partial charge on any atom is 0.336 e. The van der Waals surface area contributed by atoms with Crippen LogP contribution in [0, 0.1) is 12.8 Å². The number of aromatic carboxylic acids is 1. The van der Waals surface area contributed by atoms with Gasteiger partial charge < -0.3 is 5.11 Å². The number of fused-ring (bicyclic) bond motifs is 2. The van der Waals surface area contributed by atoms with E-state index in [0.717, 1.165) is 45.0 Å². The van der Waals surface area contributed by atoms with Gasteiger partial charge in [-0.05, 0) is 54.9 Å². The van der Waals surface area contributed by atoms with E-state index in [1.165, 1.54) is 0 Å². The highest BCUT2D eigenvalue weighted by molar-refractivity contribution is 9.10. The Bertz CT molecular complexity index is 754. The van der Waals surface area contributed by atoms with Crippen molar-refractivity contribution >= 4 is 32.8 Å². The molecule has 0 fully saturated rings. The van der Waals surface area contributed by atoms with Gasteiger partial charge in [-0.25, -0.2) is 4.79 Å². The first-order valence-electron chi connectivity index (χ1n) is 7.24. The Hall–Kier alpha value is -1.42. The van der Waals surface area contributed by atoms with E-state index >= 15 is 0 Å². The fourth-order valence-corrected chi connectivity index (χ4v) is 4.13. The molecule has 0 bridgehead atoms. The van der Waals surface area contributed by atoms with Crippen LogP contribution in [0.15, 0.2) is 16.6 Å². The van der Waals surface area contributed by atoms with Crippen molar-refractivity contribution in [3.63, 3.8) is 0 Å². The highest BCUT2D eigenvalue weighted by atomic mass is 79.9. The lowest BCUT2D eigenvalue weighted by Crippen LogP contribution is -2.20. The molecule has 0 saturated heterocycles. The minimum absolute atomic E-state index is 0.314. The van der Waals surface area contributed by atoms with Crippen LogP contribution in [0.25, 0.3) is 10.9 Å². The lowest BCUT2D eigenvalue weighted by molar-refractivity contribution is 0.0697. The van der Waals surface area contributed by atoms with E-state index in [0.29, 0.717) is 17.4 Å². The summed E-state index contributed by atoms with van der Waals surface area (Å²) < 4.78 is 0.897. The first-order valence-corrected chi connectivity index (χ1v) is 8.03. The molecule has 1 heterocycles. The molecule has 3 nitrogen and oxygen atoms in total. The summed E-state index contributed by atoms with van der Waals surface area (Å²) in [6.07, 6.45) is 1.87. The number of nitrogens with zero attached hydrogens (tertiary/aromatic N) is 1. The molecule has 0 radical (unpaired) electrons. The second-order valence-corrected chi connectivity index (χ2v) is 7.14. The molecule has 21 heavy (non-hydrogen) atoms. The van der Waals surface area contributed by atoms with Crippen LogP contribution in [-0.4, -0.2) is 16.1 Å². The zero-order valence-electron chi connectivity index (χ0n) is 12.4. The van der Waals surface area contributed by atoms with Crippen molar-refractivity contribution in [2.45, 2.75) is 39.5 Å². The summed E-state index contributed by atoms with van der Waals surface area (Å²) in [5, 5.41) is 10.5. The van der Waals surface area contributed by atoms with Crippen LogP contribution in [0.5, 0.6) is 0 Å². The van der Waals surface area contributed by atoms with Gasteiger partial charge in [0.2, 0.25) is 0 Å². The SMILES string of the molecule is Cc1cc(Br)cc2c(C(=O)O)c3c(nc12)C(C)CC(C)C3. The average molecular weight is 348 g/mol. The lowest BCUT2D eigenvalue weighted by Gasteiger charge is -2.28. The Kier molecular flexibility index (Phi) is 3.52. The van der Waals surface area contributed by atoms with Gasteiger partial charge in [0.1, 0.15) is 0 Å². The van der Waals surface area contributed by atoms with Crippen LogP contribution in [0.1, 0.15) is 53.4 Å². The van der Waals surface area contributed by atoms with Gasteiger partial charge in [-0.3, -0.25) is 4.98 Å². The molecule has 0 spiro atoms. The molecule has 0 amide bonds. The van der Waals surface area contributed by atoms with Crippen molar-refractivity contribution in [1.29, 1.82) is 0 Å². The van der Waals surface area contributed by atoms with Crippen LogP contribution in [0.3, 0.4) is 0 Å². The molecule has 0 saturated carbocycles. The Morgan fingerprint density at radius 2 is 2.10 bits per heavy atom. The number of aryl methyl sites for hydroxylation is 1. The predicted molar refractivity (Wildman–Crippen MR) is 87.0 cm³/mol. The molecule has 1 aliphatic rings. The van der Waals surface area contributed by atoms with Crippen molar-refractivity contribution in [3.05, 3.63) is 39.0 Å². The maximum atomic E-state index is 11.9. The van der Waals surface area contributed by atoms with Gasteiger partial charge in [0.05, 0.1) is 11.1 Å². The standard InChI is InChI=1S/C17H18BrNO2/c1-8-4-9(2)15-12(5-8)14(17(20)21)13-7-11(18)6-10(3)16(13)19-15/h6-9H,4-5H2,1-3H3,(H,20,21). The van der Waals surface area contributed by atoms with Crippen molar-refractivity contribution < 1.29 is 9.90 Å². The zero-order chi connectivity index (χ0) is 15.3. The highest BCUT2D eigenvalue weighted by Crippen LogP contribution is 2.38. The first-order chi connectivity index (χ1) is 9.88. The molecule has 4 heteroatoms. The van der Waals surface area contributed by atoms with E-state index in [4.69, 9.17) is 4.98 Å². The summed E-state index contributed by atoms with van der Waals surface area (Å²) in [4.78, 5) is 16.7. The quantitative estimate of drug-likeness (QED) is 0.813. The Morgan fingerprint density at radius 1 is 1.38 bits per heavy atom. The second kappa shape index (κ2) is 5.09. The summed E-state index contributed by atoms with van der Waals surface area (Å²) >= 11 is 3.47. The summed E-state index contributed by atoms with van der Waals surface area (Å²) in [5.74, 6) is -0.0372. The number of carboxylic acid groups (broad SMARTS) is 1. The molecule has 1 N–H and O–H groups in total. The molecule has 2 atom stereocenters. The third-order valence-electron chi connectivity index (χ3n) is 4.37. The topological polar surface area (TPSA) is 50.2 Å². The minimum Gasteiger partial charge on any atom is -0.478 e. The lowest BCUT2D eigenvalue weighted by atomic mass is 9.78. The average Bonchev–Trinajstić information content (AvgIpc) is 2.35. The smallest absolute Gasteiger partial charge is 0.336 e. The Balaban J connectivity index is 2.45. The van der Waals surface area contributed by atoms with Gasteiger partial charge in [-0.1, -0.05) is 29.8 Å². The number of benzene rings is 1. The van der Waals surface area contributed by atoms with Crippen LogP contribution in [0.4, 0.5) is 0 Å². The molecule has 1 aromatic heterocycles. The van der Waals surface area contributed by atoms with Crippen molar-refractivity contribution in [2.24, 2.45) is 5.92 Å². The largest absolute Gasteiger partial charge is 0.478 e. The van der Waals surface area contributed by atoms with Gasteiger partial charge in [0, 0.05) is 15.6 Å². The number of carboxylic acids is 1. The van der Waals surface area contributed by atoms with E-state index in [-0.39, 0.29) is 0 Å². The Labute approximate surface area is 132 Å². The molecule has 110 valence electrons. The maximum absolute atomic E-state index is 11.9. The van der Waals surface area contributed by atoms with Gasteiger partial charge in [0.25, 0.3) is 0 Å². The molecule has 2 aromatic rings. The number of hydrogen-bond donors (Lipinski definition) is 1. The minimum atomic E-state index is -0.850. The number of hydrogen-bond acceptors (Lipinski definition) is 2. The van der Waals surface area contributed by atoms with Gasteiger partial charge >= 0.3 is 5.97 Å². The highest BCUT2D eigenvalue weighted by Gasteiger charge is 2.29. The summed E-state index contributed by atoms with van der Waals surface area (Å²) in [5.41, 5.74) is 4.17. The van der Waals surface area contributed by atoms with Crippen molar-refractivity contribution in [2.75, 3.05) is 0 Å². The molecule has 2 unspecified atom stereocenters. The summed E-state index contributed by atoms with van der Waals surface area (Å²) in [6.45, 7) is 6.31. The van der Waals surface area contributed by atoms with E-state index in [2.05, 4.69) is 29.8 Å². The van der Waals surface area contributed by atoms with Crippen molar-refractivity contribution in [3.8, 4) is 0 Å². The third-order valence-corrected chi connectivity index (χ3v) is 4.82. The van der Waals surface area contributed by atoms with Crippen molar-refractivity contribution in [1.82, 2.24) is 4.98 Å². The van der Waals surface area contributed by atoms with Crippen LogP contribution in [-0.2, 0) is 6.42 Å². The third kappa shape index (κ3) is 2.35. The number of halogens is 1. The summed E-state index contributed by atoms with van der Waals surface area (Å²) in [6, 6.07) is 3.87. The molecular formula is C17H18BrNO2. The first kappa shape index (κ1) is 14.5. The van der Waals surface area contributed by atoms with Crippen LogP contribution < -0.4 is 0 Å². The monoisotopic (exact) mass is 347 g/mol. The van der Waals surface area contributed by atoms with Gasteiger partial charge in [-0.15, -0.1) is 0 Å². The number of pyridine rings is 1. The second-order valence-electron chi connectivity index (χ2n) is 6.22. The van der Waals surface area contributed by atoms with E-state index in [1.807, 2.05) is 19.1 Å². The van der Waals surface area contributed by atoms with E-state index < -0.39 is 5.97 Å². The van der Waals surface area contributed by atoms with E-state index in [1.54, 1.807) is 0 Å². The molecular weight excluding hydrogens is 330 g/mol. The number of rotatable bonds is 1. The van der Waals surface area contributed by atoms with Gasteiger partial charge in [-0.2, -0.15) is 0 Å². The molecule has 1 aromatic carbocycles. The molecule has 3 rings (SSSR count). The molecule has 0 aliphatic heterocycles. The fraction of sp³-hybridized carbons (Fsp3) is 0.412. The molecule has 1 aliphatic carbocycles. The Morgan fingerprint density at radius 3 is 2.76 bits per heavy atom. The van der Waals surface area contributed by atoms with E-state index in [9.17, 15) is 9.90 Å². The fourth-order valence-electron chi connectivity index (χ4n) is 3.56. The normalized spacial score (nSPS) is 21.3. The number of aromatic nitrogens is 1. The van der Waals surface area contributed by atoms with Crippen LogP contribution >= 0.6 is 15.9 Å². The van der Waals surface area contributed by atoms with Crippen LogP contribution in [0.2, 0.25) is 0 Å². The zero-order valence-corrected chi connectivity index (χ0v) is 14.0.